The molecule has 0 aromatic heterocycles. The fourth-order valence-corrected chi connectivity index (χ4v) is 1.86. The normalized spacial score (nSPS) is 38.4. The van der Waals surface area contributed by atoms with Gasteiger partial charge in [-0.1, -0.05) is 6.58 Å². The smallest absolute Gasteiger partial charge is 0.104 e. The van der Waals surface area contributed by atoms with Gasteiger partial charge in [-0.2, -0.15) is 0 Å². The molecule has 0 radical (unpaired) electrons. The number of hydrogen-bond acceptors (Lipinski definition) is 2. The van der Waals surface area contributed by atoms with E-state index >= 15 is 0 Å². The van der Waals surface area contributed by atoms with Crippen LogP contribution >= 0.6 is 0 Å². The van der Waals surface area contributed by atoms with Crippen LogP contribution in [-0.4, -0.2) is 25.4 Å². The fraction of sp³-hybridized carbons (Fsp3) is 0.778. The molecule has 1 heterocycles. The second-order valence-electron chi connectivity index (χ2n) is 3.25. The maximum atomic E-state index is 5.57. The van der Waals surface area contributed by atoms with E-state index in [2.05, 4.69) is 6.58 Å². The van der Waals surface area contributed by atoms with E-state index in [1.165, 1.54) is 12.0 Å². The van der Waals surface area contributed by atoms with Crippen LogP contribution in [0.4, 0.5) is 0 Å². The van der Waals surface area contributed by atoms with E-state index in [9.17, 15) is 0 Å². The van der Waals surface area contributed by atoms with Crippen LogP contribution < -0.4 is 0 Å². The zero-order valence-electron chi connectivity index (χ0n) is 6.71. The van der Waals surface area contributed by atoms with E-state index < -0.39 is 0 Å². The summed E-state index contributed by atoms with van der Waals surface area (Å²) in [5.41, 5.74) is 1.22. The van der Waals surface area contributed by atoms with Gasteiger partial charge in [0, 0.05) is 0 Å². The molecule has 2 fully saturated rings. The molecular formula is C9H14O2. The van der Waals surface area contributed by atoms with Crippen LogP contribution in [0.3, 0.4) is 0 Å². The molecule has 2 atom stereocenters. The van der Waals surface area contributed by atoms with Crippen molar-refractivity contribution < 1.29 is 9.47 Å². The largest absolute Gasteiger partial charge is 0.373 e. The van der Waals surface area contributed by atoms with Gasteiger partial charge in [0.15, 0.2) is 0 Å². The second-order valence-corrected chi connectivity index (χ2v) is 3.25. The van der Waals surface area contributed by atoms with E-state index in [0.717, 1.165) is 26.1 Å². The summed E-state index contributed by atoms with van der Waals surface area (Å²) in [6.07, 6.45) is 3.99. The topological polar surface area (TPSA) is 18.5 Å². The molecule has 0 N–H and O–H groups in total. The summed E-state index contributed by atoms with van der Waals surface area (Å²) >= 11 is 0. The van der Waals surface area contributed by atoms with Gasteiger partial charge in [-0.15, -0.1) is 0 Å². The predicted octanol–water partition coefficient (Wildman–Crippen LogP) is 1.51. The molecule has 2 rings (SSSR count). The van der Waals surface area contributed by atoms with Crippen molar-refractivity contribution in [3.8, 4) is 0 Å². The fourth-order valence-electron chi connectivity index (χ4n) is 1.86. The first-order chi connectivity index (χ1) is 5.38. The van der Waals surface area contributed by atoms with E-state index in [1.807, 2.05) is 0 Å². The minimum absolute atomic E-state index is 0.206. The summed E-state index contributed by atoms with van der Waals surface area (Å²) in [5, 5.41) is 0. The van der Waals surface area contributed by atoms with Crippen LogP contribution in [0.5, 0.6) is 0 Å². The maximum absolute atomic E-state index is 5.57. The molecule has 2 unspecified atom stereocenters. The summed E-state index contributed by atoms with van der Waals surface area (Å²) in [6, 6.07) is 0. The molecule has 0 spiro atoms. The first-order valence-corrected chi connectivity index (χ1v) is 4.29. The Kier molecular flexibility index (Phi) is 1.96. The standard InChI is InChI=1S/C9H14O2/c1-7-3-2-4-8-9(7)11-6-5-10-8/h8-9H,1-6H2. The van der Waals surface area contributed by atoms with Gasteiger partial charge in [0.05, 0.1) is 19.3 Å². The summed E-state index contributed by atoms with van der Waals surface area (Å²) in [4.78, 5) is 0. The quantitative estimate of drug-likeness (QED) is 0.492. The van der Waals surface area contributed by atoms with Gasteiger partial charge in [-0.05, 0) is 24.8 Å². The zero-order valence-corrected chi connectivity index (χ0v) is 6.71. The first kappa shape index (κ1) is 7.32. The van der Waals surface area contributed by atoms with Crippen molar-refractivity contribution in [1.82, 2.24) is 0 Å². The molecule has 1 saturated heterocycles. The lowest BCUT2D eigenvalue weighted by Gasteiger charge is -2.36. The Labute approximate surface area is 67.2 Å². The molecule has 0 amide bonds. The highest BCUT2D eigenvalue weighted by atomic mass is 16.6. The van der Waals surface area contributed by atoms with Crippen molar-refractivity contribution in [2.75, 3.05) is 13.2 Å². The summed E-state index contributed by atoms with van der Waals surface area (Å²) in [5.74, 6) is 0. The van der Waals surface area contributed by atoms with E-state index in [-0.39, 0.29) is 6.10 Å². The predicted molar refractivity (Wildman–Crippen MR) is 42.5 cm³/mol. The molecule has 1 aliphatic heterocycles. The highest BCUT2D eigenvalue weighted by Crippen LogP contribution is 2.29. The number of fused-ring (bicyclic) bond motifs is 1. The van der Waals surface area contributed by atoms with E-state index in [0.29, 0.717) is 6.10 Å². The highest BCUT2D eigenvalue weighted by Gasteiger charge is 2.31. The Hall–Kier alpha value is -0.340. The molecule has 2 nitrogen and oxygen atoms in total. The van der Waals surface area contributed by atoms with Crippen LogP contribution in [0.1, 0.15) is 19.3 Å². The van der Waals surface area contributed by atoms with Gasteiger partial charge in [-0.25, -0.2) is 0 Å². The van der Waals surface area contributed by atoms with Gasteiger partial charge in [0.2, 0.25) is 0 Å². The Morgan fingerprint density at radius 1 is 1.27 bits per heavy atom. The Bertz CT molecular complexity index is 163. The first-order valence-electron chi connectivity index (χ1n) is 4.29. The van der Waals surface area contributed by atoms with Crippen molar-refractivity contribution in [3.05, 3.63) is 12.2 Å². The van der Waals surface area contributed by atoms with Crippen molar-refractivity contribution in [3.63, 3.8) is 0 Å². The van der Waals surface area contributed by atoms with Crippen LogP contribution in [0.2, 0.25) is 0 Å². The lowest BCUT2D eigenvalue weighted by Crippen LogP contribution is -2.41. The number of rotatable bonds is 0. The van der Waals surface area contributed by atoms with Crippen LogP contribution in [-0.2, 0) is 9.47 Å². The molecule has 62 valence electrons. The van der Waals surface area contributed by atoms with Crippen molar-refractivity contribution in [2.45, 2.75) is 31.5 Å². The molecule has 0 aromatic rings. The minimum atomic E-state index is 0.206. The lowest BCUT2D eigenvalue weighted by molar-refractivity contribution is -0.134. The lowest BCUT2D eigenvalue weighted by atomic mass is 9.90. The molecule has 0 aromatic carbocycles. The van der Waals surface area contributed by atoms with Gasteiger partial charge in [-0.3, -0.25) is 0 Å². The molecule has 1 aliphatic carbocycles. The minimum Gasteiger partial charge on any atom is -0.373 e. The third-order valence-corrected chi connectivity index (χ3v) is 2.44. The SMILES string of the molecule is C=C1CCCC2OCCOC12. The van der Waals surface area contributed by atoms with E-state index in [1.54, 1.807) is 0 Å². The van der Waals surface area contributed by atoms with Crippen LogP contribution in [0.25, 0.3) is 0 Å². The summed E-state index contributed by atoms with van der Waals surface area (Å²) in [6.45, 7) is 5.49. The number of ether oxygens (including phenoxy) is 2. The summed E-state index contributed by atoms with van der Waals surface area (Å²) < 4.78 is 11.1. The Balaban J connectivity index is 2.05. The average Bonchev–Trinajstić information content (AvgIpc) is 2.06. The molecular weight excluding hydrogens is 140 g/mol. The van der Waals surface area contributed by atoms with E-state index in [4.69, 9.17) is 9.47 Å². The van der Waals surface area contributed by atoms with Crippen molar-refractivity contribution >= 4 is 0 Å². The zero-order chi connectivity index (χ0) is 7.68. The Morgan fingerprint density at radius 3 is 2.91 bits per heavy atom. The van der Waals surface area contributed by atoms with Crippen molar-refractivity contribution in [2.24, 2.45) is 0 Å². The molecule has 2 aliphatic rings. The third kappa shape index (κ3) is 1.33. The second kappa shape index (κ2) is 2.95. The van der Waals surface area contributed by atoms with Gasteiger partial charge >= 0.3 is 0 Å². The molecule has 11 heavy (non-hydrogen) atoms. The molecule has 2 heteroatoms. The van der Waals surface area contributed by atoms with Crippen LogP contribution in [0, 0.1) is 0 Å². The van der Waals surface area contributed by atoms with Gasteiger partial charge in [0.25, 0.3) is 0 Å². The van der Waals surface area contributed by atoms with Crippen LogP contribution in [0.15, 0.2) is 12.2 Å². The van der Waals surface area contributed by atoms with Gasteiger partial charge in [0.1, 0.15) is 6.10 Å². The molecule has 1 saturated carbocycles. The number of hydrogen-bond donors (Lipinski definition) is 0. The average molecular weight is 154 g/mol. The monoisotopic (exact) mass is 154 g/mol. The highest BCUT2D eigenvalue weighted by molar-refractivity contribution is 5.09. The summed E-state index contributed by atoms with van der Waals surface area (Å²) in [7, 11) is 0. The third-order valence-electron chi connectivity index (χ3n) is 2.44. The van der Waals surface area contributed by atoms with Gasteiger partial charge < -0.3 is 9.47 Å². The molecule has 0 bridgehead atoms. The van der Waals surface area contributed by atoms with Crippen molar-refractivity contribution in [1.29, 1.82) is 0 Å². The Morgan fingerprint density at radius 2 is 2.09 bits per heavy atom. The maximum Gasteiger partial charge on any atom is 0.104 e.